The molecule has 1 heterocycles. The number of hydrogen-bond donors (Lipinski definition) is 0. The van der Waals surface area contributed by atoms with Crippen molar-refractivity contribution in [2.75, 3.05) is 0 Å². The molecule has 0 aliphatic heterocycles. The van der Waals surface area contributed by atoms with Gasteiger partial charge in [0.2, 0.25) is 0 Å². The van der Waals surface area contributed by atoms with Gasteiger partial charge in [0.15, 0.2) is 0 Å². The molecule has 2 nitrogen and oxygen atoms in total. The van der Waals surface area contributed by atoms with Crippen molar-refractivity contribution in [2.45, 2.75) is 37.9 Å². The smallest absolute Gasteiger partial charge is 0.142 e. The van der Waals surface area contributed by atoms with E-state index in [4.69, 9.17) is 0 Å². The summed E-state index contributed by atoms with van der Waals surface area (Å²) in [6, 6.07) is 0. The van der Waals surface area contributed by atoms with Crippen molar-refractivity contribution in [3.05, 3.63) is 10.8 Å². The predicted octanol–water partition coefficient (Wildman–Crippen LogP) is 2.82. The van der Waals surface area contributed by atoms with E-state index in [2.05, 4.69) is 39.1 Å². The minimum absolute atomic E-state index is 0.551. The van der Waals surface area contributed by atoms with Gasteiger partial charge in [0.25, 0.3) is 0 Å². The lowest BCUT2D eigenvalue weighted by molar-refractivity contribution is 0.816. The Morgan fingerprint density at radius 1 is 1.50 bits per heavy atom. The Morgan fingerprint density at radius 2 is 2.25 bits per heavy atom. The third kappa shape index (κ3) is 2.83. The van der Waals surface area contributed by atoms with E-state index in [0.29, 0.717) is 4.83 Å². The highest BCUT2D eigenvalue weighted by Gasteiger charge is 2.07. The SMILES string of the molecule is CCc1nsc(CC(Br)CC)n1. The largest absolute Gasteiger partial charge is 0.225 e. The molecule has 0 saturated carbocycles. The van der Waals surface area contributed by atoms with E-state index in [1.807, 2.05) is 0 Å². The molecule has 4 heteroatoms. The van der Waals surface area contributed by atoms with Crippen molar-refractivity contribution in [1.29, 1.82) is 0 Å². The number of alkyl halides is 1. The molecule has 0 N–H and O–H groups in total. The first kappa shape index (κ1) is 10.1. The van der Waals surface area contributed by atoms with Crippen LogP contribution in [0, 0.1) is 0 Å². The average Bonchev–Trinajstić information content (AvgIpc) is 2.52. The number of aromatic nitrogens is 2. The van der Waals surface area contributed by atoms with E-state index in [-0.39, 0.29) is 0 Å². The summed E-state index contributed by atoms with van der Waals surface area (Å²) in [4.78, 5) is 4.95. The van der Waals surface area contributed by atoms with E-state index >= 15 is 0 Å². The van der Waals surface area contributed by atoms with Crippen LogP contribution in [-0.2, 0) is 12.8 Å². The summed E-state index contributed by atoms with van der Waals surface area (Å²) < 4.78 is 4.23. The van der Waals surface area contributed by atoms with Crippen molar-refractivity contribution >= 4 is 27.5 Å². The van der Waals surface area contributed by atoms with Gasteiger partial charge in [-0.2, -0.15) is 4.37 Å². The maximum atomic E-state index is 4.39. The molecule has 0 radical (unpaired) electrons. The summed E-state index contributed by atoms with van der Waals surface area (Å²) in [5.74, 6) is 0.978. The van der Waals surface area contributed by atoms with Gasteiger partial charge in [-0.1, -0.05) is 29.8 Å². The van der Waals surface area contributed by atoms with Crippen LogP contribution in [0.15, 0.2) is 0 Å². The molecule has 0 aromatic carbocycles. The van der Waals surface area contributed by atoms with Crippen LogP contribution in [0.1, 0.15) is 31.1 Å². The standard InChI is InChI=1S/C8H13BrN2S/c1-3-6(9)5-8-10-7(4-2)11-12-8/h6H,3-5H2,1-2H3. The first-order valence-electron chi connectivity index (χ1n) is 4.21. The summed E-state index contributed by atoms with van der Waals surface area (Å²) in [6.45, 7) is 4.25. The highest BCUT2D eigenvalue weighted by molar-refractivity contribution is 9.09. The van der Waals surface area contributed by atoms with Gasteiger partial charge in [-0.05, 0) is 18.0 Å². The monoisotopic (exact) mass is 248 g/mol. The minimum atomic E-state index is 0.551. The molecular weight excluding hydrogens is 236 g/mol. The second kappa shape index (κ2) is 4.92. The fraction of sp³-hybridized carbons (Fsp3) is 0.750. The lowest BCUT2D eigenvalue weighted by Crippen LogP contribution is -1.99. The van der Waals surface area contributed by atoms with Crippen LogP contribution in [0.4, 0.5) is 0 Å². The van der Waals surface area contributed by atoms with Crippen LogP contribution in [0.2, 0.25) is 0 Å². The Hall–Kier alpha value is 0.0400. The number of aryl methyl sites for hydroxylation is 1. The first-order chi connectivity index (χ1) is 5.76. The van der Waals surface area contributed by atoms with E-state index in [1.165, 1.54) is 11.5 Å². The van der Waals surface area contributed by atoms with E-state index in [0.717, 1.165) is 30.1 Å². The van der Waals surface area contributed by atoms with E-state index in [1.54, 1.807) is 0 Å². The van der Waals surface area contributed by atoms with E-state index in [9.17, 15) is 0 Å². The fourth-order valence-corrected chi connectivity index (χ4v) is 2.17. The molecule has 0 bridgehead atoms. The van der Waals surface area contributed by atoms with Crippen LogP contribution < -0.4 is 0 Å². The van der Waals surface area contributed by atoms with Crippen molar-refractivity contribution in [1.82, 2.24) is 9.36 Å². The zero-order chi connectivity index (χ0) is 8.97. The number of hydrogen-bond acceptors (Lipinski definition) is 3. The predicted molar refractivity (Wildman–Crippen MR) is 56.0 cm³/mol. The zero-order valence-corrected chi connectivity index (χ0v) is 9.78. The topological polar surface area (TPSA) is 25.8 Å². The van der Waals surface area contributed by atoms with Crippen molar-refractivity contribution in [3.63, 3.8) is 0 Å². The first-order valence-corrected chi connectivity index (χ1v) is 5.90. The number of halogens is 1. The molecule has 0 spiro atoms. The van der Waals surface area contributed by atoms with Crippen molar-refractivity contribution < 1.29 is 0 Å². The summed E-state index contributed by atoms with van der Waals surface area (Å²) in [6.07, 6.45) is 3.09. The van der Waals surface area contributed by atoms with Gasteiger partial charge in [0, 0.05) is 17.7 Å². The molecule has 68 valence electrons. The van der Waals surface area contributed by atoms with E-state index < -0.39 is 0 Å². The van der Waals surface area contributed by atoms with Gasteiger partial charge in [-0.15, -0.1) is 0 Å². The Bertz CT molecular complexity index is 237. The second-order valence-corrected chi connectivity index (χ2v) is 4.80. The van der Waals surface area contributed by atoms with Gasteiger partial charge in [-0.25, -0.2) is 4.98 Å². The summed E-state index contributed by atoms with van der Waals surface area (Å²) >= 11 is 5.11. The number of nitrogens with zero attached hydrogens (tertiary/aromatic N) is 2. The normalized spacial score (nSPS) is 13.2. The quantitative estimate of drug-likeness (QED) is 0.767. The zero-order valence-electron chi connectivity index (χ0n) is 7.38. The van der Waals surface area contributed by atoms with Gasteiger partial charge >= 0.3 is 0 Å². The highest BCUT2D eigenvalue weighted by Crippen LogP contribution is 2.14. The molecular formula is C8H13BrN2S. The molecule has 1 unspecified atom stereocenters. The Labute approximate surface area is 85.7 Å². The lowest BCUT2D eigenvalue weighted by Gasteiger charge is -2.00. The van der Waals surface area contributed by atoms with Gasteiger partial charge in [-0.3, -0.25) is 0 Å². The molecule has 0 aliphatic carbocycles. The van der Waals surface area contributed by atoms with Gasteiger partial charge < -0.3 is 0 Å². The van der Waals surface area contributed by atoms with Crippen LogP contribution in [0.25, 0.3) is 0 Å². The molecule has 12 heavy (non-hydrogen) atoms. The molecule has 0 saturated heterocycles. The third-order valence-electron chi connectivity index (χ3n) is 1.67. The lowest BCUT2D eigenvalue weighted by atomic mass is 10.2. The maximum Gasteiger partial charge on any atom is 0.142 e. The molecule has 0 aliphatic rings. The molecule has 1 rings (SSSR count). The van der Waals surface area contributed by atoms with Crippen LogP contribution in [-0.4, -0.2) is 14.2 Å². The maximum absolute atomic E-state index is 4.39. The van der Waals surface area contributed by atoms with Gasteiger partial charge in [0.05, 0.1) is 0 Å². The van der Waals surface area contributed by atoms with Crippen LogP contribution in [0.3, 0.4) is 0 Å². The third-order valence-corrected chi connectivity index (χ3v) is 3.41. The average molecular weight is 249 g/mol. The number of rotatable bonds is 4. The summed E-state index contributed by atoms with van der Waals surface area (Å²) in [5.41, 5.74) is 0. The van der Waals surface area contributed by atoms with Crippen LogP contribution >= 0.6 is 27.5 Å². The van der Waals surface area contributed by atoms with Crippen LogP contribution in [0.5, 0.6) is 0 Å². The Morgan fingerprint density at radius 3 is 2.75 bits per heavy atom. The second-order valence-electron chi connectivity index (χ2n) is 2.67. The van der Waals surface area contributed by atoms with Crippen molar-refractivity contribution in [2.24, 2.45) is 0 Å². The molecule has 0 fully saturated rings. The molecule has 1 aromatic heterocycles. The molecule has 0 amide bonds. The molecule has 1 atom stereocenters. The Balaban J connectivity index is 2.52. The summed E-state index contributed by atoms with van der Waals surface area (Å²) in [7, 11) is 0. The Kier molecular flexibility index (Phi) is 4.15. The molecule has 1 aromatic rings. The summed E-state index contributed by atoms with van der Waals surface area (Å²) in [5, 5.41) is 1.15. The fourth-order valence-electron chi connectivity index (χ4n) is 0.850. The highest BCUT2D eigenvalue weighted by atomic mass is 79.9. The van der Waals surface area contributed by atoms with Gasteiger partial charge in [0.1, 0.15) is 10.8 Å². The van der Waals surface area contributed by atoms with Crippen molar-refractivity contribution in [3.8, 4) is 0 Å². The minimum Gasteiger partial charge on any atom is -0.225 e.